The van der Waals surface area contributed by atoms with Crippen molar-refractivity contribution in [1.82, 2.24) is 10.2 Å². The monoisotopic (exact) mass is 283 g/mol. The fourth-order valence-corrected chi connectivity index (χ4v) is 2.51. The minimum atomic E-state index is -0.412. The molecule has 0 heterocycles. The highest BCUT2D eigenvalue weighted by atomic mass is 16.6. The summed E-state index contributed by atoms with van der Waals surface area (Å²) in [6.45, 7) is 7.47. The summed E-state index contributed by atoms with van der Waals surface area (Å²) < 4.78 is 5.48. The number of rotatable bonds is 6. The van der Waals surface area contributed by atoms with E-state index in [0.29, 0.717) is 18.1 Å². The number of nitrogens with two attached hydrogens (primary N) is 1. The van der Waals surface area contributed by atoms with E-state index in [0.717, 1.165) is 45.2 Å². The first kappa shape index (κ1) is 15.6. The summed E-state index contributed by atoms with van der Waals surface area (Å²) in [4.78, 5) is 14.0. The average Bonchev–Trinajstić information content (AvgIpc) is 3.07. The van der Waals surface area contributed by atoms with Gasteiger partial charge in [0.05, 0.1) is 0 Å². The molecule has 0 aliphatic heterocycles. The van der Waals surface area contributed by atoms with E-state index in [1.54, 1.807) is 0 Å². The molecule has 2 aliphatic rings. The van der Waals surface area contributed by atoms with Crippen molar-refractivity contribution in [2.75, 3.05) is 13.1 Å². The molecule has 0 radical (unpaired) electrons. The zero-order valence-corrected chi connectivity index (χ0v) is 13.0. The molecule has 3 N–H and O–H groups in total. The second kappa shape index (κ2) is 6.31. The van der Waals surface area contributed by atoms with Gasteiger partial charge < -0.3 is 20.7 Å². The van der Waals surface area contributed by atoms with E-state index >= 15 is 0 Å². The normalized spacial score (nSPS) is 26.0. The smallest absolute Gasteiger partial charge is 0.410 e. The summed E-state index contributed by atoms with van der Waals surface area (Å²) in [5, 5.41) is 3.49. The van der Waals surface area contributed by atoms with Crippen LogP contribution in [0.25, 0.3) is 0 Å². The minimum Gasteiger partial charge on any atom is -0.444 e. The third-order valence-electron chi connectivity index (χ3n) is 3.80. The molecule has 5 heteroatoms. The molecule has 0 saturated heterocycles. The SMILES string of the molecule is CC(C)(C)OC(=O)N(CCCNC1CC(N)C1)C1CC1. The predicted octanol–water partition coefficient (Wildman–Crippen LogP) is 1.86. The Bertz CT molecular complexity index is 331. The second-order valence-corrected chi connectivity index (χ2v) is 7.14. The fourth-order valence-electron chi connectivity index (χ4n) is 2.51. The van der Waals surface area contributed by atoms with Crippen LogP contribution < -0.4 is 11.1 Å². The zero-order chi connectivity index (χ0) is 14.8. The quantitative estimate of drug-likeness (QED) is 0.730. The van der Waals surface area contributed by atoms with Gasteiger partial charge in [0.2, 0.25) is 0 Å². The first-order valence-electron chi connectivity index (χ1n) is 7.84. The molecule has 2 fully saturated rings. The van der Waals surface area contributed by atoms with Gasteiger partial charge in [0.25, 0.3) is 0 Å². The molecule has 0 aromatic heterocycles. The molecule has 2 aliphatic carbocycles. The van der Waals surface area contributed by atoms with Gasteiger partial charge in [0.1, 0.15) is 5.60 Å². The van der Waals surface area contributed by atoms with Crippen LogP contribution in [0.1, 0.15) is 52.9 Å². The Hall–Kier alpha value is -0.810. The van der Waals surface area contributed by atoms with Gasteiger partial charge in [0, 0.05) is 24.7 Å². The van der Waals surface area contributed by atoms with Crippen LogP contribution in [0, 0.1) is 0 Å². The summed E-state index contributed by atoms with van der Waals surface area (Å²) in [6, 6.07) is 1.38. The lowest BCUT2D eigenvalue weighted by molar-refractivity contribution is 0.0231. The predicted molar refractivity (Wildman–Crippen MR) is 79.6 cm³/mol. The maximum Gasteiger partial charge on any atom is 0.410 e. The van der Waals surface area contributed by atoms with Crippen LogP contribution >= 0.6 is 0 Å². The molecular weight excluding hydrogens is 254 g/mol. The second-order valence-electron chi connectivity index (χ2n) is 7.14. The average molecular weight is 283 g/mol. The molecule has 5 nitrogen and oxygen atoms in total. The van der Waals surface area contributed by atoms with Crippen molar-refractivity contribution in [3.8, 4) is 0 Å². The van der Waals surface area contributed by atoms with E-state index < -0.39 is 5.60 Å². The van der Waals surface area contributed by atoms with E-state index in [9.17, 15) is 4.79 Å². The van der Waals surface area contributed by atoms with Crippen LogP contribution in [0.3, 0.4) is 0 Å². The van der Waals surface area contributed by atoms with E-state index in [1.807, 2.05) is 25.7 Å². The van der Waals surface area contributed by atoms with Gasteiger partial charge in [-0.1, -0.05) is 0 Å². The number of nitrogens with zero attached hydrogens (tertiary/aromatic N) is 1. The maximum absolute atomic E-state index is 12.1. The Balaban J connectivity index is 1.66. The number of hydrogen-bond acceptors (Lipinski definition) is 4. The number of carbonyl (C=O) groups is 1. The maximum atomic E-state index is 12.1. The number of ether oxygens (including phenoxy) is 1. The van der Waals surface area contributed by atoms with Crippen LogP contribution in [0.15, 0.2) is 0 Å². The molecule has 0 spiro atoms. The highest BCUT2D eigenvalue weighted by Crippen LogP contribution is 2.28. The van der Waals surface area contributed by atoms with E-state index in [2.05, 4.69) is 5.32 Å². The molecule has 2 saturated carbocycles. The number of amides is 1. The fraction of sp³-hybridized carbons (Fsp3) is 0.933. The molecular formula is C15H29N3O2. The van der Waals surface area contributed by atoms with E-state index in [1.165, 1.54) is 0 Å². The number of carbonyl (C=O) groups excluding carboxylic acids is 1. The largest absolute Gasteiger partial charge is 0.444 e. The third kappa shape index (κ3) is 4.94. The van der Waals surface area contributed by atoms with Gasteiger partial charge in [0.15, 0.2) is 0 Å². The van der Waals surface area contributed by atoms with Crippen LogP contribution in [-0.4, -0.2) is 47.8 Å². The minimum absolute atomic E-state index is 0.161. The highest BCUT2D eigenvalue weighted by molar-refractivity contribution is 5.69. The van der Waals surface area contributed by atoms with Crippen molar-refractivity contribution in [1.29, 1.82) is 0 Å². The lowest BCUT2D eigenvalue weighted by atomic mass is 9.88. The Morgan fingerprint density at radius 1 is 1.35 bits per heavy atom. The van der Waals surface area contributed by atoms with Crippen LogP contribution in [-0.2, 0) is 4.74 Å². The molecule has 20 heavy (non-hydrogen) atoms. The molecule has 0 bridgehead atoms. The molecule has 0 aromatic carbocycles. The summed E-state index contributed by atoms with van der Waals surface area (Å²) in [7, 11) is 0. The number of hydrogen-bond donors (Lipinski definition) is 2. The van der Waals surface area contributed by atoms with Crippen LogP contribution in [0.4, 0.5) is 4.79 Å². The van der Waals surface area contributed by atoms with Crippen molar-refractivity contribution in [2.45, 2.75) is 76.6 Å². The molecule has 0 aromatic rings. The Kier molecular flexibility index (Phi) is 4.91. The molecule has 116 valence electrons. The Morgan fingerprint density at radius 2 is 2.00 bits per heavy atom. The van der Waals surface area contributed by atoms with Crippen LogP contribution in [0.5, 0.6) is 0 Å². The number of nitrogens with one attached hydrogen (secondary N) is 1. The Labute approximate surface area is 122 Å². The first-order valence-corrected chi connectivity index (χ1v) is 7.84. The standard InChI is InChI=1S/C15H29N3O2/c1-15(2,3)20-14(19)18(13-5-6-13)8-4-7-17-12-9-11(16)10-12/h11-13,17H,4-10,16H2,1-3H3. The van der Waals surface area contributed by atoms with Crippen molar-refractivity contribution in [3.05, 3.63) is 0 Å². The van der Waals surface area contributed by atoms with Gasteiger partial charge in [-0.3, -0.25) is 0 Å². The summed E-state index contributed by atoms with van der Waals surface area (Å²) >= 11 is 0. The lowest BCUT2D eigenvalue weighted by Crippen LogP contribution is -2.49. The van der Waals surface area contributed by atoms with Gasteiger partial charge in [-0.25, -0.2) is 4.79 Å². The molecule has 0 atom stereocenters. The molecule has 2 rings (SSSR count). The van der Waals surface area contributed by atoms with Gasteiger partial charge in [-0.15, -0.1) is 0 Å². The van der Waals surface area contributed by atoms with Crippen molar-refractivity contribution in [3.63, 3.8) is 0 Å². The van der Waals surface area contributed by atoms with E-state index in [4.69, 9.17) is 10.5 Å². The molecule has 0 unspecified atom stereocenters. The van der Waals surface area contributed by atoms with Gasteiger partial charge in [-0.2, -0.15) is 0 Å². The summed E-state index contributed by atoms with van der Waals surface area (Å²) in [5.41, 5.74) is 5.35. The summed E-state index contributed by atoms with van der Waals surface area (Å²) in [6.07, 6.45) is 5.21. The van der Waals surface area contributed by atoms with Crippen molar-refractivity contribution in [2.24, 2.45) is 5.73 Å². The van der Waals surface area contributed by atoms with Crippen LogP contribution in [0.2, 0.25) is 0 Å². The lowest BCUT2D eigenvalue weighted by Gasteiger charge is -2.33. The summed E-state index contributed by atoms with van der Waals surface area (Å²) in [5.74, 6) is 0. The Morgan fingerprint density at radius 3 is 2.50 bits per heavy atom. The zero-order valence-electron chi connectivity index (χ0n) is 13.0. The highest BCUT2D eigenvalue weighted by Gasteiger charge is 2.34. The van der Waals surface area contributed by atoms with Crippen molar-refractivity contribution >= 4 is 6.09 Å². The van der Waals surface area contributed by atoms with Gasteiger partial charge in [-0.05, 0) is 59.4 Å². The van der Waals surface area contributed by atoms with Gasteiger partial charge >= 0.3 is 6.09 Å². The molecule has 1 amide bonds. The van der Waals surface area contributed by atoms with Crippen molar-refractivity contribution < 1.29 is 9.53 Å². The first-order chi connectivity index (χ1) is 9.35. The third-order valence-corrected chi connectivity index (χ3v) is 3.80. The van der Waals surface area contributed by atoms with E-state index in [-0.39, 0.29) is 6.09 Å². The topological polar surface area (TPSA) is 67.6 Å².